The number of ether oxygens (including phenoxy) is 1. The highest BCUT2D eigenvalue weighted by Crippen LogP contribution is 2.34. The van der Waals surface area contributed by atoms with Gasteiger partial charge in [0.05, 0.1) is 17.5 Å². The predicted octanol–water partition coefficient (Wildman–Crippen LogP) is 3.49. The van der Waals surface area contributed by atoms with E-state index in [1.165, 1.54) is 0 Å². The van der Waals surface area contributed by atoms with Crippen LogP contribution in [0.15, 0.2) is 47.4 Å². The van der Waals surface area contributed by atoms with Crippen molar-refractivity contribution in [3.8, 4) is 5.75 Å². The number of hydrogen-bond acceptors (Lipinski definition) is 3. The third kappa shape index (κ3) is 2.70. The van der Waals surface area contributed by atoms with Gasteiger partial charge < -0.3 is 9.72 Å². The first-order chi connectivity index (χ1) is 12.5. The van der Waals surface area contributed by atoms with Crippen molar-refractivity contribution in [1.29, 1.82) is 0 Å². The van der Waals surface area contributed by atoms with E-state index < -0.39 is 10.0 Å². The number of nitrogens with zero attached hydrogens (tertiary/aromatic N) is 1. The second-order valence-corrected chi connectivity index (χ2v) is 8.49. The Kier molecular flexibility index (Phi) is 4.25. The smallest absolute Gasteiger partial charge is 0.243 e. The molecule has 0 fully saturated rings. The molecule has 0 saturated heterocycles. The lowest BCUT2D eigenvalue weighted by molar-refractivity contribution is 0.391. The van der Waals surface area contributed by atoms with E-state index in [1.54, 1.807) is 23.5 Å². The van der Waals surface area contributed by atoms with Gasteiger partial charge in [0, 0.05) is 30.6 Å². The summed E-state index contributed by atoms with van der Waals surface area (Å²) in [6.07, 6.45) is 1.56. The highest BCUT2D eigenvalue weighted by Gasteiger charge is 2.30. The summed E-state index contributed by atoms with van der Waals surface area (Å²) in [4.78, 5) is 3.77. The zero-order valence-electron chi connectivity index (χ0n) is 15.0. The lowest BCUT2D eigenvalue weighted by Gasteiger charge is -2.26. The molecule has 0 unspecified atom stereocenters. The molecule has 0 radical (unpaired) electrons. The minimum absolute atomic E-state index is 0.357. The van der Waals surface area contributed by atoms with E-state index in [0.29, 0.717) is 24.4 Å². The molecule has 2 heterocycles. The van der Waals surface area contributed by atoms with E-state index >= 15 is 0 Å². The summed E-state index contributed by atoms with van der Waals surface area (Å²) in [6, 6.07) is 13.1. The molecule has 26 heavy (non-hydrogen) atoms. The van der Waals surface area contributed by atoms with Crippen molar-refractivity contribution in [1.82, 2.24) is 9.29 Å². The first kappa shape index (κ1) is 17.1. The zero-order valence-corrected chi connectivity index (χ0v) is 15.8. The van der Waals surface area contributed by atoms with Crippen molar-refractivity contribution < 1.29 is 13.2 Å². The molecule has 0 amide bonds. The number of methoxy groups -OCH3 is 1. The van der Waals surface area contributed by atoms with Gasteiger partial charge in [-0.15, -0.1) is 0 Å². The first-order valence-electron chi connectivity index (χ1n) is 8.80. The number of hydrogen-bond donors (Lipinski definition) is 1. The number of fused-ring (bicyclic) bond motifs is 3. The molecule has 1 aliphatic heterocycles. The van der Waals surface area contributed by atoms with Gasteiger partial charge >= 0.3 is 0 Å². The molecular formula is C20H22N2O3S. The van der Waals surface area contributed by atoms with Crippen molar-refractivity contribution in [3.63, 3.8) is 0 Å². The van der Waals surface area contributed by atoms with E-state index in [4.69, 9.17) is 4.74 Å². The number of nitrogens with one attached hydrogen (secondary N) is 1. The quantitative estimate of drug-likeness (QED) is 0.765. The molecule has 136 valence electrons. The minimum Gasteiger partial charge on any atom is -0.495 e. The maximum absolute atomic E-state index is 13.1. The minimum atomic E-state index is -3.50. The average molecular weight is 370 g/mol. The lowest BCUT2D eigenvalue weighted by Crippen LogP contribution is -2.35. The molecule has 0 atom stereocenters. The van der Waals surface area contributed by atoms with E-state index in [9.17, 15) is 8.42 Å². The van der Waals surface area contributed by atoms with Crippen LogP contribution in [0.25, 0.3) is 10.9 Å². The van der Waals surface area contributed by atoms with Crippen LogP contribution in [0, 0.1) is 0 Å². The molecule has 2 aromatic carbocycles. The number of para-hydroxylation sites is 1. The molecule has 3 aromatic rings. The number of benzene rings is 2. The molecular weight excluding hydrogens is 348 g/mol. The number of aryl methyl sites for hydroxylation is 1. The van der Waals surface area contributed by atoms with Gasteiger partial charge in [0.2, 0.25) is 10.0 Å². The van der Waals surface area contributed by atoms with Gasteiger partial charge in [-0.3, -0.25) is 0 Å². The number of sulfonamides is 1. The third-order valence-corrected chi connectivity index (χ3v) is 6.99. The normalized spacial score (nSPS) is 15.2. The zero-order chi connectivity index (χ0) is 18.3. The second kappa shape index (κ2) is 6.45. The van der Waals surface area contributed by atoms with Crippen LogP contribution < -0.4 is 4.74 Å². The van der Waals surface area contributed by atoms with Crippen molar-refractivity contribution in [2.75, 3.05) is 13.7 Å². The molecule has 1 aliphatic rings. The highest BCUT2D eigenvalue weighted by molar-refractivity contribution is 7.89. The maximum Gasteiger partial charge on any atom is 0.243 e. The summed E-state index contributed by atoms with van der Waals surface area (Å²) in [6.45, 7) is 2.90. The number of rotatable bonds is 4. The van der Waals surface area contributed by atoms with Crippen LogP contribution in [0.3, 0.4) is 0 Å². The predicted molar refractivity (Wildman–Crippen MR) is 102 cm³/mol. The standard InChI is InChI=1S/C20H22N2O3S/c1-3-14-7-9-15(10-8-14)26(23,24)22-12-11-18-17(13-22)16-5-4-6-19(25-2)20(16)21-18/h4-10,21H,3,11-13H2,1-2H3. The fourth-order valence-electron chi connectivity index (χ4n) is 3.61. The Balaban J connectivity index is 1.71. The summed E-state index contributed by atoms with van der Waals surface area (Å²) < 4.78 is 33.1. The fourth-order valence-corrected chi connectivity index (χ4v) is 5.02. The lowest BCUT2D eigenvalue weighted by atomic mass is 10.1. The Labute approximate surface area is 153 Å². The summed E-state index contributed by atoms with van der Waals surface area (Å²) in [5.74, 6) is 0.779. The molecule has 1 aromatic heterocycles. The van der Waals surface area contributed by atoms with E-state index in [1.807, 2.05) is 30.3 Å². The third-order valence-electron chi connectivity index (χ3n) is 5.13. The summed E-state index contributed by atoms with van der Waals surface area (Å²) in [5.41, 5.74) is 4.20. The molecule has 0 spiro atoms. The Morgan fingerprint density at radius 2 is 1.92 bits per heavy atom. The van der Waals surface area contributed by atoms with Crippen LogP contribution in [0.2, 0.25) is 0 Å². The molecule has 5 nitrogen and oxygen atoms in total. The molecule has 0 bridgehead atoms. The van der Waals surface area contributed by atoms with Crippen LogP contribution in [0.1, 0.15) is 23.7 Å². The van der Waals surface area contributed by atoms with Gasteiger partial charge in [0.15, 0.2) is 0 Å². The van der Waals surface area contributed by atoms with Crippen molar-refractivity contribution in [2.24, 2.45) is 0 Å². The number of aromatic amines is 1. The van der Waals surface area contributed by atoms with Crippen molar-refractivity contribution in [3.05, 3.63) is 59.3 Å². The summed E-state index contributed by atoms with van der Waals surface area (Å²) in [7, 11) is -1.86. The second-order valence-electron chi connectivity index (χ2n) is 6.55. The van der Waals surface area contributed by atoms with Crippen LogP contribution in [0.5, 0.6) is 5.75 Å². The molecule has 0 saturated carbocycles. The van der Waals surface area contributed by atoms with Gasteiger partial charge in [0.1, 0.15) is 5.75 Å². The Morgan fingerprint density at radius 3 is 2.62 bits per heavy atom. The summed E-state index contributed by atoms with van der Waals surface area (Å²) >= 11 is 0. The maximum atomic E-state index is 13.1. The topological polar surface area (TPSA) is 62.4 Å². The Bertz CT molecular complexity index is 1050. The monoisotopic (exact) mass is 370 g/mol. The molecule has 1 N–H and O–H groups in total. The first-order valence-corrected chi connectivity index (χ1v) is 10.2. The summed E-state index contributed by atoms with van der Waals surface area (Å²) in [5, 5.41) is 1.03. The Morgan fingerprint density at radius 1 is 1.15 bits per heavy atom. The van der Waals surface area contributed by atoms with Gasteiger partial charge in [-0.05, 0) is 35.7 Å². The van der Waals surface area contributed by atoms with Crippen LogP contribution >= 0.6 is 0 Å². The van der Waals surface area contributed by atoms with Crippen LogP contribution in [-0.2, 0) is 29.4 Å². The van der Waals surface area contributed by atoms with Crippen LogP contribution in [0.4, 0.5) is 0 Å². The Hall–Kier alpha value is -2.31. The highest BCUT2D eigenvalue weighted by atomic mass is 32.2. The molecule has 4 rings (SSSR count). The van der Waals surface area contributed by atoms with E-state index in [-0.39, 0.29) is 0 Å². The average Bonchev–Trinajstić information content (AvgIpc) is 3.06. The van der Waals surface area contributed by atoms with Gasteiger partial charge in [-0.25, -0.2) is 8.42 Å². The largest absolute Gasteiger partial charge is 0.495 e. The van der Waals surface area contributed by atoms with Gasteiger partial charge in [-0.2, -0.15) is 4.31 Å². The number of aromatic nitrogens is 1. The van der Waals surface area contributed by atoms with E-state index in [0.717, 1.165) is 39.9 Å². The van der Waals surface area contributed by atoms with Gasteiger partial charge in [-0.1, -0.05) is 31.2 Å². The SMILES string of the molecule is CCc1ccc(S(=O)(=O)N2CCc3[nH]c4c(OC)cccc4c3C2)cc1. The van der Waals surface area contributed by atoms with Crippen molar-refractivity contribution in [2.45, 2.75) is 31.2 Å². The molecule has 0 aliphatic carbocycles. The van der Waals surface area contributed by atoms with Crippen molar-refractivity contribution >= 4 is 20.9 Å². The van der Waals surface area contributed by atoms with Gasteiger partial charge in [0.25, 0.3) is 0 Å². The van der Waals surface area contributed by atoms with Crippen LogP contribution in [-0.4, -0.2) is 31.4 Å². The molecule has 6 heteroatoms. The van der Waals surface area contributed by atoms with E-state index in [2.05, 4.69) is 11.9 Å². The number of H-pyrrole nitrogens is 1. The fraction of sp³-hybridized carbons (Fsp3) is 0.300.